The zero-order valence-electron chi connectivity index (χ0n) is 18.6. The van der Waals surface area contributed by atoms with Crippen molar-refractivity contribution in [3.05, 3.63) is 41.0 Å². The lowest BCUT2D eigenvalue weighted by molar-refractivity contribution is -0.148. The maximum absolute atomic E-state index is 12.3. The lowest BCUT2D eigenvalue weighted by Crippen LogP contribution is -2.38. The minimum Gasteiger partial charge on any atom is -0.467 e. The van der Waals surface area contributed by atoms with E-state index < -0.39 is 0 Å². The molecular formula is C23H29ClN4O4. The number of amides is 1. The third-order valence-electron chi connectivity index (χ3n) is 5.16. The molecule has 0 spiro atoms. The number of carbonyl (C=O) groups excluding carboxylic acids is 2. The smallest absolute Gasteiger partial charge is 0.309 e. The minimum atomic E-state index is -0.311. The number of anilines is 2. The van der Waals surface area contributed by atoms with Crippen LogP contribution in [0.25, 0.3) is 0 Å². The van der Waals surface area contributed by atoms with Crippen LogP contribution in [0.5, 0.6) is 5.88 Å². The molecule has 8 nitrogen and oxygen atoms in total. The summed E-state index contributed by atoms with van der Waals surface area (Å²) in [5, 5.41) is 3.29. The Morgan fingerprint density at radius 2 is 1.97 bits per heavy atom. The van der Waals surface area contributed by atoms with Gasteiger partial charge in [-0.25, -0.2) is 4.98 Å². The van der Waals surface area contributed by atoms with E-state index in [1.165, 1.54) is 0 Å². The Morgan fingerprint density at radius 1 is 1.22 bits per heavy atom. The van der Waals surface area contributed by atoms with Crippen molar-refractivity contribution in [1.29, 1.82) is 0 Å². The highest BCUT2D eigenvalue weighted by atomic mass is 35.5. The molecule has 0 radical (unpaired) electrons. The molecule has 0 unspecified atom stereocenters. The van der Waals surface area contributed by atoms with Crippen LogP contribution in [0.4, 0.5) is 11.6 Å². The molecule has 3 rings (SSSR count). The van der Waals surface area contributed by atoms with Gasteiger partial charge in [-0.3, -0.25) is 9.59 Å². The van der Waals surface area contributed by atoms with Crippen molar-refractivity contribution in [1.82, 2.24) is 9.97 Å². The molecule has 1 aromatic heterocycles. The van der Waals surface area contributed by atoms with Crippen molar-refractivity contribution < 1.29 is 19.1 Å². The van der Waals surface area contributed by atoms with Gasteiger partial charge in [0.2, 0.25) is 11.8 Å². The monoisotopic (exact) mass is 460 g/mol. The number of piperidine rings is 1. The Hall–Kier alpha value is -2.87. The summed E-state index contributed by atoms with van der Waals surface area (Å²) in [6.07, 6.45) is 1.37. The summed E-state index contributed by atoms with van der Waals surface area (Å²) in [6, 6.07) is 8.67. The Labute approximate surface area is 193 Å². The van der Waals surface area contributed by atoms with E-state index in [1.54, 1.807) is 30.3 Å². The van der Waals surface area contributed by atoms with Crippen LogP contribution >= 0.6 is 11.6 Å². The van der Waals surface area contributed by atoms with Crippen molar-refractivity contribution >= 4 is 35.1 Å². The van der Waals surface area contributed by atoms with Gasteiger partial charge in [-0.2, -0.15) is 4.98 Å². The first-order valence-corrected chi connectivity index (χ1v) is 11.2. The lowest BCUT2D eigenvalue weighted by Gasteiger charge is -2.31. The van der Waals surface area contributed by atoms with Gasteiger partial charge in [0.05, 0.1) is 18.2 Å². The van der Waals surface area contributed by atoms with Crippen LogP contribution in [0, 0.1) is 5.92 Å². The van der Waals surface area contributed by atoms with E-state index in [2.05, 4.69) is 15.3 Å². The van der Waals surface area contributed by atoms with Gasteiger partial charge in [-0.15, -0.1) is 0 Å². The van der Waals surface area contributed by atoms with Crippen LogP contribution in [-0.4, -0.2) is 48.1 Å². The number of aromatic nitrogens is 2. The second-order valence-corrected chi connectivity index (χ2v) is 8.38. The number of rotatable bonds is 8. The molecule has 1 aromatic carbocycles. The molecule has 0 atom stereocenters. The van der Waals surface area contributed by atoms with Crippen molar-refractivity contribution in [2.75, 3.05) is 36.5 Å². The van der Waals surface area contributed by atoms with Gasteiger partial charge in [0.15, 0.2) is 6.61 Å². The van der Waals surface area contributed by atoms with Gasteiger partial charge < -0.3 is 19.7 Å². The summed E-state index contributed by atoms with van der Waals surface area (Å²) in [5.41, 5.74) is 1.43. The van der Waals surface area contributed by atoms with Gasteiger partial charge in [0, 0.05) is 29.9 Å². The number of hydrogen-bond acceptors (Lipinski definition) is 7. The molecule has 172 valence electrons. The topological polar surface area (TPSA) is 93.6 Å². The van der Waals surface area contributed by atoms with Crippen LogP contribution in [0.15, 0.2) is 30.3 Å². The third kappa shape index (κ3) is 6.56. The molecule has 0 saturated carbocycles. The normalized spacial score (nSPS) is 14.3. The van der Waals surface area contributed by atoms with Gasteiger partial charge >= 0.3 is 5.97 Å². The van der Waals surface area contributed by atoms with Crippen LogP contribution < -0.4 is 15.0 Å². The maximum Gasteiger partial charge on any atom is 0.309 e. The van der Waals surface area contributed by atoms with Crippen molar-refractivity contribution in [2.45, 2.75) is 39.5 Å². The van der Waals surface area contributed by atoms with E-state index in [1.807, 2.05) is 25.7 Å². The molecule has 32 heavy (non-hydrogen) atoms. The third-order valence-corrected chi connectivity index (χ3v) is 5.39. The van der Waals surface area contributed by atoms with Gasteiger partial charge in [-0.1, -0.05) is 31.5 Å². The highest BCUT2D eigenvalue weighted by molar-refractivity contribution is 6.30. The summed E-state index contributed by atoms with van der Waals surface area (Å²) in [7, 11) is 0. The molecule has 1 saturated heterocycles. The first kappa shape index (κ1) is 23.8. The number of nitrogens with zero attached hydrogens (tertiary/aromatic N) is 3. The number of ether oxygens (including phenoxy) is 2. The molecule has 2 aromatic rings. The van der Waals surface area contributed by atoms with E-state index in [0.29, 0.717) is 55.1 Å². The fourth-order valence-corrected chi connectivity index (χ4v) is 3.61. The molecule has 9 heteroatoms. The largest absolute Gasteiger partial charge is 0.467 e. The fourth-order valence-electron chi connectivity index (χ4n) is 3.42. The number of halogens is 1. The summed E-state index contributed by atoms with van der Waals surface area (Å²) in [6.45, 7) is 7.40. The molecule has 1 amide bonds. The van der Waals surface area contributed by atoms with Crippen LogP contribution in [0.3, 0.4) is 0 Å². The molecule has 1 aliphatic heterocycles. The predicted octanol–water partition coefficient (Wildman–Crippen LogP) is 4.05. The molecule has 1 aliphatic rings. The predicted molar refractivity (Wildman–Crippen MR) is 123 cm³/mol. The number of esters is 1. The minimum absolute atomic E-state index is 0.0922. The lowest BCUT2D eigenvalue weighted by atomic mass is 9.97. The summed E-state index contributed by atoms with van der Waals surface area (Å²) in [4.78, 5) is 35.5. The van der Waals surface area contributed by atoms with E-state index in [-0.39, 0.29) is 30.3 Å². The van der Waals surface area contributed by atoms with Crippen molar-refractivity contribution in [3.8, 4) is 5.88 Å². The van der Waals surface area contributed by atoms with E-state index in [9.17, 15) is 9.59 Å². The number of carbonyl (C=O) groups is 2. The Kier molecular flexibility index (Phi) is 8.27. The second kappa shape index (κ2) is 11.1. The molecule has 2 heterocycles. The number of nitrogens with one attached hydrogen (secondary N) is 1. The standard InChI is InChI=1S/C23H29ClN4O4/c1-4-31-22(30)16-8-10-28(11-9-16)23-26-19(15(2)3)13-21(27-23)32-14-20(29)25-18-7-5-6-17(24)12-18/h5-7,12-13,15-16H,4,8-11,14H2,1-3H3,(H,25,29). The summed E-state index contributed by atoms with van der Waals surface area (Å²) in [5.74, 6) is 0.505. The van der Waals surface area contributed by atoms with E-state index in [4.69, 9.17) is 21.1 Å². The Bertz CT molecular complexity index is 945. The highest BCUT2D eigenvalue weighted by Crippen LogP contribution is 2.26. The van der Waals surface area contributed by atoms with Crippen LogP contribution in [0.1, 0.15) is 45.2 Å². The van der Waals surface area contributed by atoms with Crippen molar-refractivity contribution in [2.24, 2.45) is 5.92 Å². The summed E-state index contributed by atoms with van der Waals surface area (Å²) < 4.78 is 10.8. The Balaban J connectivity index is 1.64. The molecule has 1 N–H and O–H groups in total. The van der Waals surface area contributed by atoms with Gasteiger partial charge in [-0.05, 0) is 43.9 Å². The molecule has 1 fully saturated rings. The quantitative estimate of drug-likeness (QED) is 0.594. The zero-order valence-corrected chi connectivity index (χ0v) is 19.4. The van der Waals surface area contributed by atoms with E-state index in [0.717, 1.165) is 5.69 Å². The average Bonchev–Trinajstić information content (AvgIpc) is 2.78. The first-order chi connectivity index (χ1) is 15.4. The second-order valence-electron chi connectivity index (χ2n) is 7.95. The first-order valence-electron chi connectivity index (χ1n) is 10.8. The highest BCUT2D eigenvalue weighted by Gasteiger charge is 2.27. The SMILES string of the molecule is CCOC(=O)C1CCN(c2nc(OCC(=O)Nc3cccc(Cl)c3)cc(C(C)C)n2)CC1. The zero-order chi connectivity index (χ0) is 23.1. The average molecular weight is 461 g/mol. The van der Waals surface area contributed by atoms with Crippen molar-refractivity contribution in [3.63, 3.8) is 0 Å². The van der Waals surface area contributed by atoms with E-state index >= 15 is 0 Å². The van der Waals surface area contributed by atoms with Gasteiger partial charge in [0.25, 0.3) is 5.91 Å². The number of benzene rings is 1. The summed E-state index contributed by atoms with van der Waals surface area (Å²) >= 11 is 5.95. The Morgan fingerprint density at radius 3 is 2.62 bits per heavy atom. The number of hydrogen-bond donors (Lipinski definition) is 1. The van der Waals surface area contributed by atoms with Crippen LogP contribution in [0.2, 0.25) is 5.02 Å². The maximum atomic E-state index is 12.3. The molecule has 0 aliphatic carbocycles. The van der Waals surface area contributed by atoms with Crippen LogP contribution in [-0.2, 0) is 14.3 Å². The van der Waals surface area contributed by atoms with Gasteiger partial charge in [0.1, 0.15) is 0 Å². The molecular weight excluding hydrogens is 432 g/mol. The molecule has 0 bridgehead atoms. The fraction of sp³-hybridized carbons (Fsp3) is 0.478.